The van der Waals surface area contributed by atoms with Gasteiger partial charge in [-0.15, -0.1) is 0 Å². The summed E-state index contributed by atoms with van der Waals surface area (Å²) in [4.78, 5) is 16.5. The Morgan fingerprint density at radius 3 is 2.68 bits per heavy atom. The topological polar surface area (TPSA) is 88.2 Å². The highest BCUT2D eigenvalue weighted by Gasteiger charge is 2.46. The summed E-state index contributed by atoms with van der Waals surface area (Å²) >= 11 is 0. The Morgan fingerprint density at radius 1 is 1.42 bits per heavy atom. The summed E-state index contributed by atoms with van der Waals surface area (Å²) in [6, 6.07) is 0. The van der Waals surface area contributed by atoms with Gasteiger partial charge in [0.25, 0.3) is 0 Å². The molecule has 2 aliphatic carbocycles. The minimum absolute atomic E-state index is 0.0767. The largest absolute Gasteiger partial charge is 0.392 e. The molecule has 3 rings (SSSR count). The molecular weight excluding hydrogens is 246 g/mol. The minimum Gasteiger partial charge on any atom is -0.392 e. The van der Waals surface area contributed by atoms with Gasteiger partial charge in [0.05, 0.1) is 12.0 Å². The zero-order chi connectivity index (χ0) is 13.5. The molecule has 0 bridgehead atoms. The van der Waals surface area contributed by atoms with Crippen molar-refractivity contribution in [1.82, 2.24) is 15.5 Å². The molecule has 0 spiro atoms. The first-order valence-corrected chi connectivity index (χ1v) is 6.92. The molecule has 2 aliphatic rings. The Hall–Kier alpha value is -1.43. The van der Waals surface area contributed by atoms with E-state index in [2.05, 4.69) is 15.5 Å². The van der Waals surface area contributed by atoms with E-state index >= 15 is 0 Å². The highest BCUT2D eigenvalue weighted by molar-refractivity contribution is 5.80. The average molecular weight is 265 g/mol. The van der Waals surface area contributed by atoms with E-state index in [1.807, 2.05) is 0 Å². The molecule has 2 saturated carbocycles. The van der Waals surface area contributed by atoms with Crippen molar-refractivity contribution in [3.63, 3.8) is 0 Å². The lowest BCUT2D eigenvalue weighted by Gasteiger charge is -2.40. The molecule has 0 aliphatic heterocycles. The molecule has 1 aromatic rings. The van der Waals surface area contributed by atoms with E-state index in [0.29, 0.717) is 18.1 Å². The van der Waals surface area contributed by atoms with Crippen molar-refractivity contribution >= 4 is 5.91 Å². The van der Waals surface area contributed by atoms with E-state index in [0.717, 1.165) is 32.1 Å². The quantitative estimate of drug-likeness (QED) is 0.852. The molecule has 2 atom stereocenters. The second-order valence-electron chi connectivity index (χ2n) is 5.67. The number of nitrogens with one attached hydrogen (secondary N) is 1. The lowest BCUT2D eigenvalue weighted by Crippen LogP contribution is -2.53. The molecule has 2 N–H and O–H groups in total. The van der Waals surface area contributed by atoms with Crippen LogP contribution in [0.3, 0.4) is 0 Å². The molecule has 1 amide bonds. The number of hydrogen-bond acceptors (Lipinski definition) is 5. The molecule has 1 heterocycles. The van der Waals surface area contributed by atoms with Crippen LogP contribution in [0.15, 0.2) is 4.52 Å². The van der Waals surface area contributed by atoms with Crippen molar-refractivity contribution in [1.29, 1.82) is 0 Å². The van der Waals surface area contributed by atoms with Crippen LogP contribution in [-0.2, 0) is 10.3 Å². The summed E-state index contributed by atoms with van der Waals surface area (Å²) < 4.78 is 5.01. The van der Waals surface area contributed by atoms with Crippen LogP contribution in [0.5, 0.6) is 0 Å². The Bertz CT molecular complexity index is 481. The van der Waals surface area contributed by atoms with Gasteiger partial charge in [0.1, 0.15) is 5.54 Å². The third-order valence-electron chi connectivity index (χ3n) is 4.34. The number of nitrogens with zero attached hydrogens (tertiary/aromatic N) is 2. The van der Waals surface area contributed by atoms with Gasteiger partial charge in [-0.1, -0.05) is 5.16 Å². The number of aryl methyl sites for hydroxylation is 1. The standard InChI is InChI=1S/C13H19N3O3/c1-8-14-12(16-19-8)13(6-3-7-13)15-11(18)9-4-2-5-10(9)17/h9-10,17H,2-7H2,1H3,(H,15,18)/t9-,10-/m1/s1. The summed E-state index contributed by atoms with van der Waals surface area (Å²) in [6.07, 6.45) is 4.58. The van der Waals surface area contributed by atoms with E-state index in [1.54, 1.807) is 6.92 Å². The van der Waals surface area contributed by atoms with Crippen LogP contribution in [0, 0.1) is 12.8 Å². The lowest BCUT2D eigenvalue weighted by molar-refractivity contribution is -0.131. The maximum atomic E-state index is 12.3. The van der Waals surface area contributed by atoms with Crippen LogP contribution < -0.4 is 5.32 Å². The average Bonchev–Trinajstić information content (AvgIpc) is 2.92. The van der Waals surface area contributed by atoms with Crippen molar-refractivity contribution in [2.75, 3.05) is 0 Å². The van der Waals surface area contributed by atoms with Crippen LogP contribution in [0.2, 0.25) is 0 Å². The summed E-state index contributed by atoms with van der Waals surface area (Å²) in [7, 11) is 0. The summed E-state index contributed by atoms with van der Waals surface area (Å²) in [5.74, 6) is 0.714. The maximum Gasteiger partial charge on any atom is 0.226 e. The number of amides is 1. The third-order valence-corrected chi connectivity index (χ3v) is 4.34. The lowest BCUT2D eigenvalue weighted by atomic mass is 9.75. The molecule has 1 aromatic heterocycles. The number of aliphatic hydroxyl groups excluding tert-OH is 1. The van der Waals surface area contributed by atoms with Crippen molar-refractivity contribution in [2.24, 2.45) is 5.92 Å². The Labute approximate surface area is 111 Å². The number of aromatic nitrogens is 2. The zero-order valence-electron chi connectivity index (χ0n) is 11.1. The number of hydrogen-bond donors (Lipinski definition) is 2. The molecule has 2 fully saturated rings. The first kappa shape index (κ1) is 12.6. The fraction of sp³-hybridized carbons (Fsp3) is 0.769. The molecule has 0 saturated heterocycles. The first-order valence-electron chi connectivity index (χ1n) is 6.92. The molecule has 6 nitrogen and oxygen atoms in total. The maximum absolute atomic E-state index is 12.3. The van der Waals surface area contributed by atoms with Gasteiger partial charge in [-0.3, -0.25) is 4.79 Å². The Balaban J connectivity index is 1.75. The van der Waals surface area contributed by atoms with Crippen LogP contribution in [0.1, 0.15) is 50.2 Å². The van der Waals surface area contributed by atoms with E-state index in [-0.39, 0.29) is 11.8 Å². The molecule has 0 radical (unpaired) electrons. The number of carbonyl (C=O) groups excluding carboxylic acids is 1. The monoisotopic (exact) mass is 265 g/mol. The molecule has 104 valence electrons. The second kappa shape index (κ2) is 4.59. The predicted octanol–water partition coefficient (Wildman–Crippen LogP) is 1.03. The van der Waals surface area contributed by atoms with Gasteiger partial charge in [-0.2, -0.15) is 4.98 Å². The van der Waals surface area contributed by atoms with E-state index in [4.69, 9.17) is 4.52 Å². The van der Waals surface area contributed by atoms with Crippen molar-refractivity contribution < 1.29 is 14.4 Å². The van der Waals surface area contributed by atoms with Gasteiger partial charge < -0.3 is 14.9 Å². The fourth-order valence-electron chi connectivity index (χ4n) is 3.00. The van der Waals surface area contributed by atoms with Gasteiger partial charge >= 0.3 is 0 Å². The minimum atomic E-state index is -0.510. The molecular formula is C13H19N3O3. The van der Waals surface area contributed by atoms with Crippen LogP contribution in [0.25, 0.3) is 0 Å². The van der Waals surface area contributed by atoms with E-state index in [9.17, 15) is 9.90 Å². The number of rotatable bonds is 3. The molecule has 6 heteroatoms. The molecule has 19 heavy (non-hydrogen) atoms. The van der Waals surface area contributed by atoms with E-state index in [1.165, 1.54) is 0 Å². The Morgan fingerprint density at radius 2 is 2.21 bits per heavy atom. The highest BCUT2D eigenvalue weighted by atomic mass is 16.5. The van der Waals surface area contributed by atoms with E-state index < -0.39 is 11.6 Å². The van der Waals surface area contributed by atoms with Gasteiger partial charge in [0.2, 0.25) is 11.8 Å². The highest BCUT2D eigenvalue weighted by Crippen LogP contribution is 2.40. The van der Waals surface area contributed by atoms with Crippen molar-refractivity contribution in [3.8, 4) is 0 Å². The zero-order valence-corrected chi connectivity index (χ0v) is 11.1. The molecule has 0 aromatic carbocycles. The number of carbonyl (C=O) groups is 1. The SMILES string of the molecule is Cc1nc(C2(NC(=O)[C@@H]3CCC[C@H]3O)CCC2)no1. The second-order valence-corrected chi connectivity index (χ2v) is 5.67. The third kappa shape index (κ3) is 2.14. The van der Waals surface area contributed by atoms with Gasteiger partial charge in [0, 0.05) is 6.92 Å². The predicted molar refractivity (Wildman–Crippen MR) is 66.1 cm³/mol. The van der Waals surface area contributed by atoms with Crippen LogP contribution >= 0.6 is 0 Å². The van der Waals surface area contributed by atoms with Crippen molar-refractivity contribution in [3.05, 3.63) is 11.7 Å². The normalized spacial score (nSPS) is 28.9. The van der Waals surface area contributed by atoms with Crippen molar-refractivity contribution in [2.45, 2.75) is 57.1 Å². The smallest absolute Gasteiger partial charge is 0.226 e. The first-order chi connectivity index (χ1) is 9.11. The van der Waals surface area contributed by atoms with Crippen LogP contribution in [-0.4, -0.2) is 27.3 Å². The molecule has 0 unspecified atom stereocenters. The van der Waals surface area contributed by atoms with Gasteiger partial charge in [-0.25, -0.2) is 0 Å². The summed E-state index contributed by atoms with van der Waals surface area (Å²) in [6.45, 7) is 1.74. The Kier molecular flexibility index (Phi) is 3.05. The van der Waals surface area contributed by atoms with Gasteiger partial charge in [0.15, 0.2) is 5.82 Å². The summed E-state index contributed by atoms with van der Waals surface area (Å²) in [5, 5.41) is 16.8. The fourth-order valence-corrected chi connectivity index (χ4v) is 3.00. The summed E-state index contributed by atoms with van der Waals surface area (Å²) in [5.41, 5.74) is -0.475. The number of aliphatic hydroxyl groups is 1. The van der Waals surface area contributed by atoms with Gasteiger partial charge in [-0.05, 0) is 38.5 Å². The van der Waals surface area contributed by atoms with Crippen LogP contribution in [0.4, 0.5) is 0 Å².